The fourth-order valence-corrected chi connectivity index (χ4v) is 1.04. The van der Waals surface area contributed by atoms with Gasteiger partial charge < -0.3 is 5.11 Å². The SMILES string of the molecule is CC(O)C(F)(F)C(F)(F)C(F)(F)C(F)(F)C(F)(F)C(F)(F)F.[NaH]. The van der Waals surface area contributed by atoms with Crippen molar-refractivity contribution in [3.63, 3.8) is 0 Å². The normalized spacial score (nSPS) is 16.8. The zero-order valence-electron chi connectivity index (χ0n) is 9.94. The number of alkyl halides is 13. The molecule has 0 aromatic rings. The Balaban J connectivity index is 0. The van der Waals surface area contributed by atoms with Gasteiger partial charge in [-0.2, -0.15) is 57.1 Å². The van der Waals surface area contributed by atoms with Crippen LogP contribution in [0.5, 0.6) is 0 Å². The minimum atomic E-state index is -7.93. The second-order valence-corrected chi connectivity index (χ2v) is 4.09. The average Bonchev–Trinajstić information content (AvgIpc) is 2.25. The molecule has 0 aromatic carbocycles. The third-order valence-electron chi connectivity index (χ3n) is 2.48. The number of halogens is 13. The van der Waals surface area contributed by atoms with E-state index in [2.05, 4.69) is 0 Å². The zero-order chi connectivity index (χ0) is 18.6. The molecule has 0 amide bonds. The molecule has 0 aliphatic carbocycles. The summed E-state index contributed by atoms with van der Waals surface area (Å²) in [5, 5.41) is 8.19. The molecule has 0 aliphatic heterocycles. The molecular formula is C8H6F13NaO. The van der Waals surface area contributed by atoms with Gasteiger partial charge in [0.05, 0.1) is 0 Å². The first kappa shape index (κ1) is 25.3. The van der Waals surface area contributed by atoms with Crippen LogP contribution in [-0.4, -0.2) is 76.6 Å². The molecule has 0 rings (SSSR count). The number of rotatable bonds is 5. The summed E-state index contributed by atoms with van der Waals surface area (Å²) in [4.78, 5) is 0. The Labute approximate surface area is 141 Å². The first-order valence-electron chi connectivity index (χ1n) is 4.83. The topological polar surface area (TPSA) is 20.2 Å². The molecule has 1 N–H and O–H groups in total. The van der Waals surface area contributed by atoms with Crippen molar-refractivity contribution in [2.24, 2.45) is 0 Å². The Kier molecular flexibility index (Phi) is 7.05. The molecule has 1 unspecified atom stereocenters. The van der Waals surface area contributed by atoms with Crippen LogP contribution < -0.4 is 0 Å². The molecule has 0 heterocycles. The van der Waals surface area contributed by atoms with Gasteiger partial charge in [0.25, 0.3) is 0 Å². The summed E-state index contributed by atoms with van der Waals surface area (Å²) in [6.07, 6.45) is -11.2. The summed E-state index contributed by atoms with van der Waals surface area (Å²) in [6.45, 7) is -0.288. The fraction of sp³-hybridized carbons (Fsp3) is 1.00. The Morgan fingerprint density at radius 3 is 1.04 bits per heavy atom. The van der Waals surface area contributed by atoms with E-state index >= 15 is 0 Å². The van der Waals surface area contributed by atoms with E-state index in [9.17, 15) is 57.1 Å². The second-order valence-electron chi connectivity index (χ2n) is 4.09. The predicted octanol–water partition coefficient (Wildman–Crippen LogP) is 3.46. The molecule has 0 aromatic heterocycles. The third kappa shape index (κ3) is 3.40. The van der Waals surface area contributed by atoms with Crippen LogP contribution in [0.25, 0.3) is 0 Å². The predicted molar refractivity (Wildman–Crippen MR) is 49.6 cm³/mol. The summed E-state index contributed by atoms with van der Waals surface area (Å²) in [5.41, 5.74) is 0. The maximum absolute atomic E-state index is 12.8. The minimum absolute atomic E-state index is 0. The Bertz CT molecular complexity index is 413. The Morgan fingerprint density at radius 1 is 0.565 bits per heavy atom. The second kappa shape index (κ2) is 6.41. The first-order valence-corrected chi connectivity index (χ1v) is 4.83. The summed E-state index contributed by atoms with van der Waals surface area (Å²) in [7, 11) is 0. The molecule has 23 heavy (non-hydrogen) atoms. The number of aliphatic hydroxyl groups excluding tert-OH is 1. The van der Waals surface area contributed by atoms with Crippen molar-refractivity contribution in [1.29, 1.82) is 0 Å². The van der Waals surface area contributed by atoms with E-state index in [-0.39, 0.29) is 36.5 Å². The molecule has 0 aliphatic rings. The molecule has 1 nitrogen and oxygen atoms in total. The quantitative estimate of drug-likeness (QED) is 0.565. The average molecular weight is 388 g/mol. The Morgan fingerprint density at radius 2 is 0.826 bits per heavy atom. The molecule has 0 bridgehead atoms. The van der Waals surface area contributed by atoms with Crippen molar-refractivity contribution < 1.29 is 62.2 Å². The molecule has 0 fully saturated rings. The fourth-order valence-electron chi connectivity index (χ4n) is 1.04. The molecule has 0 spiro atoms. The zero-order valence-corrected chi connectivity index (χ0v) is 9.94. The van der Waals surface area contributed by atoms with Crippen LogP contribution in [0.2, 0.25) is 0 Å². The number of aliphatic hydroxyl groups is 1. The van der Waals surface area contributed by atoms with Crippen LogP contribution in [0.15, 0.2) is 0 Å². The van der Waals surface area contributed by atoms with Gasteiger partial charge in [0.15, 0.2) is 0 Å². The van der Waals surface area contributed by atoms with Gasteiger partial charge in [0.2, 0.25) is 0 Å². The van der Waals surface area contributed by atoms with Crippen molar-refractivity contribution in [2.45, 2.75) is 48.8 Å². The van der Waals surface area contributed by atoms with Gasteiger partial charge in [-0.1, -0.05) is 0 Å². The van der Waals surface area contributed by atoms with Crippen molar-refractivity contribution in [1.82, 2.24) is 0 Å². The van der Waals surface area contributed by atoms with Crippen molar-refractivity contribution in [2.75, 3.05) is 0 Å². The summed E-state index contributed by atoms with van der Waals surface area (Å²) >= 11 is 0. The van der Waals surface area contributed by atoms with Gasteiger partial charge in [-0.25, -0.2) is 0 Å². The number of hydrogen-bond donors (Lipinski definition) is 1. The number of hydrogen-bond acceptors (Lipinski definition) is 1. The van der Waals surface area contributed by atoms with E-state index in [4.69, 9.17) is 5.11 Å². The van der Waals surface area contributed by atoms with Crippen LogP contribution in [0.3, 0.4) is 0 Å². The van der Waals surface area contributed by atoms with Gasteiger partial charge in [-0.3, -0.25) is 0 Å². The van der Waals surface area contributed by atoms with Crippen LogP contribution in [0.1, 0.15) is 6.92 Å². The maximum atomic E-state index is 12.8. The standard InChI is InChI=1S/C8H5F13O.Na.H/c1-2(22)3(9,10)4(11,12)5(13,14)6(15,16)7(17,18)8(19,20)21;;/h2,22H,1H3;;. The van der Waals surface area contributed by atoms with Gasteiger partial charge in [0, 0.05) is 0 Å². The van der Waals surface area contributed by atoms with E-state index in [0.717, 1.165) is 0 Å². The van der Waals surface area contributed by atoms with E-state index < -0.39 is 41.9 Å². The molecule has 0 radical (unpaired) electrons. The molecule has 0 saturated heterocycles. The van der Waals surface area contributed by atoms with Crippen LogP contribution in [-0.2, 0) is 0 Å². The van der Waals surface area contributed by atoms with Gasteiger partial charge in [0.1, 0.15) is 6.10 Å². The molecule has 136 valence electrons. The van der Waals surface area contributed by atoms with Crippen LogP contribution >= 0.6 is 0 Å². The first-order chi connectivity index (χ1) is 9.19. The van der Waals surface area contributed by atoms with Crippen molar-refractivity contribution >= 4 is 29.6 Å². The molecular weight excluding hydrogens is 382 g/mol. The summed E-state index contributed by atoms with van der Waals surface area (Å²) in [5.74, 6) is -37.4. The van der Waals surface area contributed by atoms with Crippen molar-refractivity contribution in [3.8, 4) is 0 Å². The van der Waals surface area contributed by atoms with Gasteiger partial charge in [-0.05, 0) is 6.92 Å². The van der Waals surface area contributed by atoms with Crippen LogP contribution in [0, 0.1) is 0 Å². The Hall–Kier alpha value is 0.0500. The molecule has 0 saturated carbocycles. The molecule has 15 heteroatoms. The monoisotopic (exact) mass is 388 g/mol. The summed E-state index contributed by atoms with van der Waals surface area (Å²) in [6, 6.07) is 0. The third-order valence-corrected chi connectivity index (χ3v) is 2.48. The van der Waals surface area contributed by atoms with E-state index in [1.165, 1.54) is 0 Å². The van der Waals surface area contributed by atoms with E-state index in [1.54, 1.807) is 0 Å². The molecule has 1 atom stereocenters. The van der Waals surface area contributed by atoms with Crippen molar-refractivity contribution in [3.05, 3.63) is 0 Å². The van der Waals surface area contributed by atoms with Gasteiger partial charge >= 0.3 is 65.3 Å². The van der Waals surface area contributed by atoms with Gasteiger partial charge in [-0.15, -0.1) is 0 Å². The van der Waals surface area contributed by atoms with E-state index in [0.29, 0.717) is 0 Å². The summed E-state index contributed by atoms with van der Waals surface area (Å²) < 4.78 is 162. The van der Waals surface area contributed by atoms with Crippen LogP contribution in [0.4, 0.5) is 57.1 Å². The van der Waals surface area contributed by atoms with E-state index in [1.807, 2.05) is 0 Å².